The summed E-state index contributed by atoms with van der Waals surface area (Å²) in [5.74, 6) is 0.478. The zero-order valence-corrected chi connectivity index (χ0v) is 8.32. The molecule has 0 heterocycles. The van der Waals surface area contributed by atoms with E-state index in [4.69, 9.17) is 10.5 Å². The highest BCUT2D eigenvalue weighted by Crippen LogP contribution is 2.11. The van der Waals surface area contributed by atoms with Gasteiger partial charge in [0.15, 0.2) is 5.78 Å². The molecule has 0 aliphatic heterocycles. The zero-order chi connectivity index (χ0) is 11.3. The number of amides is 2. The molecule has 0 aliphatic rings. The van der Waals surface area contributed by atoms with Gasteiger partial charge in [-0.25, -0.2) is 4.79 Å². The lowest BCUT2D eigenvalue weighted by atomic mass is 10.1. The lowest BCUT2D eigenvalue weighted by Gasteiger charge is -2.03. The minimum Gasteiger partial charge on any atom is -0.497 e. The highest BCUT2D eigenvalue weighted by molar-refractivity contribution is 5.99. The number of carbonyl (C=O) groups is 2. The summed E-state index contributed by atoms with van der Waals surface area (Å²) in [6, 6.07) is 5.90. The molecule has 0 radical (unpaired) electrons. The van der Waals surface area contributed by atoms with Crippen LogP contribution in [-0.4, -0.2) is 25.5 Å². The Morgan fingerprint density at radius 1 is 1.33 bits per heavy atom. The average molecular weight is 208 g/mol. The van der Waals surface area contributed by atoms with Gasteiger partial charge in [-0.05, 0) is 24.3 Å². The summed E-state index contributed by atoms with van der Waals surface area (Å²) < 4.78 is 4.95. The van der Waals surface area contributed by atoms with Gasteiger partial charge in [0.1, 0.15) is 5.75 Å². The SMILES string of the molecule is COc1ccc(C(=O)CNC(N)=O)cc1. The number of benzene rings is 1. The van der Waals surface area contributed by atoms with Crippen LogP contribution in [-0.2, 0) is 0 Å². The maximum Gasteiger partial charge on any atom is 0.312 e. The number of urea groups is 1. The number of rotatable bonds is 4. The summed E-state index contributed by atoms with van der Waals surface area (Å²) in [5.41, 5.74) is 5.35. The van der Waals surface area contributed by atoms with Crippen molar-refractivity contribution in [3.8, 4) is 5.75 Å². The van der Waals surface area contributed by atoms with Gasteiger partial charge in [0, 0.05) is 5.56 Å². The van der Waals surface area contributed by atoms with E-state index in [-0.39, 0.29) is 12.3 Å². The van der Waals surface area contributed by atoms with E-state index in [1.54, 1.807) is 31.4 Å². The second-order valence-electron chi connectivity index (χ2n) is 2.87. The fourth-order valence-electron chi connectivity index (χ4n) is 1.05. The lowest BCUT2D eigenvalue weighted by Crippen LogP contribution is -2.33. The van der Waals surface area contributed by atoms with E-state index in [1.165, 1.54) is 0 Å². The van der Waals surface area contributed by atoms with Crippen molar-refractivity contribution in [2.24, 2.45) is 5.73 Å². The highest BCUT2D eigenvalue weighted by Gasteiger charge is 2.06. The molecule has 0 saturated carbocycles. The normalized spacial score (nSPS) is 9.40. The van der Waals surface area contributed by atoms with Crippen molar-refractivity contribution in [2.45, 2.75) is 0 Å². The van der Waals surface area contributed by atoms with Crippen molar-refractivity contribution in [3.05, 3.63) is 29.8 Å². The van der Waals surface area contributed by atoms with Crippen LogP contribution in [0.1, 0.15) is 10.4 Å². The quantitative estimate of drug-likeness (QED) is 0.709. The maximum absolute atomic E-state index is 11.4. The molecule has 3 N–H and O–H groups in total. The van der Waals surface area contributed by atoms with E-state index >= 15 is 0 Å². The summed E-state index contributed by atoms with van der Waals surface area (Å²) in [6.07, 6.45) is 0. The van der Waals surface area contributed by atoms with Crippen molar-refractivity contribution >= 4 is 11.8 Å². The number of hydrogen-bond acceptors (Lipinski definition) is 3. The molecule has 5 heteroatoms. The largest absolute Gasteiger partial charge is 0.497 e. The Hall–Kier alpha value is -2.04. The average Bonchev–Trinajstić information content (AvgIpc) is 2.26. The predicted molar refractivity (Wildman–Crippen MR) is 54.9 cm³/mol. The van der Waals surface area contributed by atoms with Crippen LogP contribution in [0, 0.1) is 0 Å². The second kappa shape index (κ2) is 4.99. The van der Waals surface area contributed by atoms with Gasteiger partial charge >= 0.3 is 6.03 Å². The van der Waals surface area contributed by atoms with Gasteiger partial charge in [-0.15, -0.1) is 0 Å². The molecule has 0 fully saturated rings. The molecule has 1 aromatic carbocycles. The van der Waals surface area contributed by atoms with Gasteiger partial charge in [-0.3, -0.25) is 4.79 Å². The summed E-state index contributed by atoms with van der Waals surface area (Å²) in [5, 5.41) is 2.23. The molecule has 0 saturated heterocycles. The van der Waals surface area contributed by atoms with Crippen molar-refractivity contribution in [2.75, 3.05) is 13.7 Å². The Labute approximate surface area is 87.2 Å². The maximum atomic E-state index is 11.4. The monoisotopic (exact) mass is 208 g/mol. The zero-order valence-electron chi connectivity index (χ0n) is 8.32. The van der Waals surface area contributed by atoms with E-state index < -0.39 is 6.03 Å². The molecule has 0 spiro atoms. The van der Waals surface area contributed by atoms with Crippen LogP contribution < -0.4 is 15.8 Å². The number of ketones is 1. The Kier molecular flexibility index (Phi) is 3.68. The van der Waals surface area contributed by atoms with Gasteiger partial charge < -0.3 is 15.8 Å². The molecule has 0 atom stereocenters. The summed E-state index contributed by atoms with van der Waals surface area (Å²) in [6.45, 7) is -0.0956. The number of nitrogens with one attached hydrogen (secondary N) is 1. The molecular formula is C10H12N2O3. The molecule has 0 unspecified atom stereocenters. The van der Waals surface area contributed by atoms with Gasteiger partial charge in [0.05, 0.1) is 13.7 Å². The van der Waals surface area contributed by atoms with Crippen LogP contribution >= 0.6 is 0 Å². The number of primary amides is 1. The fourth-order valence-corrected chi connectivity index (χ4v) is 1.05. The number of methoxy groups -OCH3 is 1. The van der Waals surface area contributed by atoms with E-state index in [9.17, 15) is 9.59 Å². The third kappa shape index (κ3) is 3.30. The first-order valence-corrected chi connectivity index (χ1v) is 4.34. The fraction of sp³-hybridized carbons (Fsp3) is 0.200. The summed E-state index contributed by atoms with van der Waals surface area (Å²) >= 11 is 0. The standard InChI is InChI=1S/C10H12N2O3/c1-15-8-4-2-7(3-5-8)9(13)6-12-10(11)14/h2-5H,6H2,1H3,(H3,11,12,14). The van der Waals surface area contributed by atoms with Crippen molar-refractivity contribution in [1.29, 1.82) is 0 Å². The number of hydrogen-bond donors (Lipinski definition) is 2. The number of Topliss-reactive ketones (excluding diaryl/α,β-unsaturated/α-hetero) is 1. The third-order valence-corrected chi connectivity index (χ3v) is 1.84. The number of ether oxygens (including phenoxy) is 1. The van der Waals surface area contributed by atoms with Gasteiger partial charge in [-0.1, -0.05) is 0 Å². The molecule has 0 aliphatic carbocycles. The predicted octanol–water partition coefficient (Wildman–Crippen LogP) is 0.546. The molecule has 0 aromatic heterocycles. The Morgan fingerprint density at radius 3 is 2.40 bits per heavy atom. The minimum absolute atomic E-state index is 0.0956. The molecular weight excluding hydrogens is 196 g/mol. The van der Waals surface area contributed by atoms with Crippen LogP contribution in [0.3, 0.4) is 0 Å². The Balaban J connectivity index is 2.62. The lowest BCUT2D eigenvalue weighted by molar-refractivity contribution is 0.0993. The number of carbonyl (C=O) groups excluding carboxylic acids is 2. The van der Waals surface area contributed by atoms with Crippen LogP contribution in [0.2, 0.25) is 0 Å². The second-order valence-corrected chi connectivity index (χ2v) is 2.87. The van der Waals surface area contributed by atoms with E-state index in [0.29, 0.717) is 11.3 Å². The van der Waals surface area contributed by atoms with Crippen molar-refractivity contribution < 1.29 is 14.3 Å². The molecule has 1 rings (SSSR count). The molecule has 80 valence electrons. The van der Waals surface area contributed by atoms with E-state index in [1.807, 2.05) is 0 Å². The Bertz CT molecular complexity index is 359. The highest BCUT2D eigenvalue weighted by atomic mass is 16.5. The first-order valence-electron chi connectivity index (χ1n) is 4.34. The van der Waals surface area contributed by atoms with Gasteiger partial charge in [-0.2, -0.15) is 0 Å². The van der Waals surface area contributed by atoms with Gasteiger partial charge in [0.2, 0.25) is 0 Å². The summed E-state index contributed by atoms with van der Waals surface area (Å²) in [4.78, 5) is 21.8. The smallest absolute Gasteiger partial charge is 0.312 e. The molecule has 0 bridgehead atoms. The molecule has 1 aromatic rings. The van der Waals surface area contributed by atoms with Crippen LogP contribution in [0.15, 0.2) is 24.3 Å². The van der Waals surface area contributed by atoms with Crippen LogP contribution in [0.5, 0.6) is 5.75 Å². The molecule has 2 amide bonds. The van der Waals surface area contributed by atoms with E-state index in [2.05, 4.69) is 5.32 Å². The molecule has 5 nitrogen and oxygen atoms in total. The topological polar surface area (TPSA) is 81.4 Å². The Morgan fingerprint density at radius 2 is 1.93 bits per heavy atom. The van der Waals surface area contributed by atoms with E-state index in [0.717, 1.165) is 0 Å². The first-order chi connectivity index (χ1) is 7.13. The van der Waals surface area contributed by atoms with Crippen molar-refractivity contribution in [1.82, 2.24) is 5.32 Å². The van der Waals surface area contributed by atoms with Crippen LogP contribution in [0.25, 0.3) is 0 Å². The summed E-state index contributed by atoms with van der Waals surface area (Å²) in [7, 11) is 1.55. The minimum atomic E-state index is -0.711. The third-order valence-electron chi connectivity index (χ3n) is 1.84. The number of nitrogens with two attached hydrogens (primary N) is 1. The van der Waals surface area contributed by atoms with Gasteiger partial charge in [0.25, 0.3) is 0 Å². The first kappa shape index (κ1) is 11.0. The van der Waals surface area contributed by atoms with Crippen LogP contribution in [0.4, 0.5) is 4.79 Å². The van der Waals surface area contributed by atoms with Crippen molar-refractivity contribution in [3.63, 3.8) is 0 Å². The molecule has 15 heavy (non-hydrogen) atoms.